The number of H-pyrrole nitrogens is 1. The first-order chi connectivity index (χ1) is 14.9. The van der Waals surface area contributed by atoms with Gasteiger partial charge in [0.25, 0.3) is 5.82 Å². The predicted molar refractivity (Wildman–Crippen MR) is 108 cm³/mol. The van der Waals surface area contributed by atoms with Gasteiger partial charge in [0, 0.05) is 6.20 Å². The monoisotopic (exact) mass is 423 g/mol. The van der Waals surface area contributed by atoms with Crippen LogP contribution in [0.4, 0.5) is 24.8 Å². The maximum atomic E-state index is 13.2. The second-order valence-corrected chi connectivity index (χ2v) is 7.38. The van der Waals surface area contributed by atoms with Crippen LogP contribution in [0.15, 0.2) is 49.2 Å². The van der Waals surface area contributed by atoms with Crippen LogP contribution < -0.4 is 5.32 Å². The van der Waals surface area contributed by atoms with Crippen LogP contribution in [-0.4, -0.2) is 24.5 Å². The zero-order chi connectivity index (χ0) is 21.6. The Morgan fingerprint density at radius 2 is 2.03 bits per heavy atom. The SMILES string of the molecule is [C-]#[N+]c1cn(C2CCc3ccccc3C2Nc2ncnc3[nH]c(C(F)(F)F)cc23)cn1. The molecule has 7 nitrogen and oxygen atoms in total. The summed E-state index contributed by atoms with van der Waals surface area (Å²) in [6.07, 6.45) is 1.65. The number of aromatic nitrogens is 5. The lowest BCUT2D eigenvalue weighted by molar-refractivity contribution is -0.140. The molecule has 4 aromatic rings. The molecule has 1 aliphatic rings. The number of hydrogen-bond acceptors (Lipinski definition) is 4. The first-order valence-electron chi connectivity index (χ1n) is 9.60. The molecule has 156 valence electrons. The van der Waals surface area contributed by atoms with Gasteiger partial charge in [0.1, 0.15) is 23.5 Å². The maximum Gasteiger partial charge on any atom is 0.431 e. The Bertz CT molecular complexity index is 1300. The van der Waals surface area contributed by atoms with Gasteiger partial charge >= 0.3 is 6.18 Å². The van der Waals surface area contributed by atoms with Crippen molar-refractivity contribution in [3.8, 4) is 0 Å². The van der Waals surface area contributed by atoms with E-state index in [4.69, 9.17) is 6.57 Å². The largest absolute Gasteiger partial charge is 0.431 e. The highest BCUT2D eigenvalue weighted by molar-refractivity contribution is 5.88. The molecule has 0 aliphatic heterocycles. The van der Waals surface area contributed by atoms with Gasteiger partial charge in [0.15, 0.2) is 6.33 Å². The van der Waals surface area contributed by atoms with Crippen LogP contribution in [0.2, 0.25) is 0 Å². The van der Waals surface area contributed by atoms with Crippen molar-refractivity contribution < 1.29 is 13.2 Å². The number of anilines is 1. The minimum Gasteiger partial charge on any atom is -0.360 e. The number of nitrogens with zero attached hydrogens (tertiary/aromatic N) is 5. The second-order valence-electron chi connectivity index (χ2n) is 7.38. The number of halogens is 3. The minimum absolute atomic E-state index is 0.0936. The third-order valence-corrected chi connectivity index (χ3v) is 5.59. The molecule has 2 unspecified atom stereocenters. The van der Waals surface area contributed by atoms with E-state index in [2.05, 4.69) is 30.1 Å². The van der Waals surface area contributed by atoms with E-state index in [1.807, 2.05) is 28.8 Å². The van der Waals surface area contributed by atoms with Crippen molar-refractivity contribution in [3.05, 3.63) is 77.4 Å². The van der Waals surface area contributed by atoms with Crippen LogP contribution >= 0.6 is 0 Å². The van der Waals surface area contributed by atoms with Gasteiger partial charge in [0.05, 0.1) is 17.5 Å². The van der Waals surface area contributed by atoms with Crippen molar-refractivity contribution in [2.24, 2.45) is 0 Å². The first-order valence-corrected chi connectivity index (χ1v) is 9.60. The van der Waals surface area contributed by atoms with Crippen molar-refractivity contribution in [3.63, 3.8) is 0 Å². The molecule has 0 bridgehead atoms. The quantitative estimate of drug-likeness (QED) is 0.452. The standard InChI is InChI=1S/C21H16F3N7/c1-25-17-9-31(11-28-17)15-7-6-12-4-2-3-5-13(12)18(15)30-20-14-8-16(21(22,23)24)29-19(14)26-10-27-20/h2-5,8-11,15,18H,6-7H2,(H2,26,27,29,30). The van der Waals surface area contributed by atoms with Crippen molar-refractivity contribution in [2.45, 2.75) is 31.1 Å². The van der Waals surface area contributed by atoms with E-state index in [-0.39, 0.29) is 23.1 Å². The summed E-state index contributed by atoms with van der Waals surface area (Å²) in [6, 6.07) is 8.60. The van der Waals surface area contributed by atoms with Gasteiger partial charge < -0.3 is 19.7 Å². The normalized spacial score (nSPS) is 18.5. The number of aromatic amines is 1. The number of hydrogen-bond donors (Lipinski definition) is 2. The average molecular weight is 423 g/mol. The number of imidazole rings is 1. The molecular formula is C21H16F3N7. The van der Waals surface area contributed by atoms with Gasteiger partial charge in [-0.3, -0.25) is 0 Å². The fourth-order valence-electron chi connectivity index (χ4n) is 4.16. The molecule has 0 spiro atoms. The van der Waals surface area contributed by atoms with E-state index in [9.17, 15) is 13.2 Å². The molecule has 2 atom stereocenters. The molecule has 31 heavy (non-hydrogen) atoms. The molecule has 3 aromatic heterocycles. The molecule has 0 saturated carbocycles. The number of fused-ring (bicyclic) bond motifs is 2. The molecule has 0 fully saturated rings. The van der Waals surface area contributed by atoms with Crippen LogP contribution in [0.5, 0.6) is 0 Å². The Labute approximate surface area is 174 Å². The van der Waals surface area contributed by atoms with E-state index >= 15 is 0 Å². The Kier molecular flexibility index (Phi) is 4.39. The second kappa shape index (κ2) is 7.12. The smallest absolute Gasteiger partial charge is 0.360 e. The number of alkyl halides is 3. The van der Waals surface area contributed by atoms with E-state index < -0.39 is 11.9 Å². The Morgan fingerprint density at radius 1 is 1.19 bits per heavy atom. The summed E-state index contributed by atoms with van der Waals surface area (Å²) >= 11 is 0. The van der Waals surface area contributed by atoms with Crippen molar-refractivity contribution in [2.75, 3.05) is 5.32 Å². The lowest BCUT2D eigenvalue weighted by Gasteiger charge is -2.35. The fraction of sp³-hybridized carbons (Fsp3) is 0.238. The number of rotatable bonds is 3. The molecule has 5 rings (SSSR count). The average Bonchev–Trinajstić information content (AvgIpc) is 3.41. The maximum absolute atomic E-state index is 13.2. The van der Waals surface area contributed by atoms with Gasteiger partial charge in [-0.15, -0.1) is 4.98 Å². The highest BCUT2D eigenvalue weighted by Gasteiger charge is 2.35. The summed E-state index contributed by atoms with van der Waals surface area (Å²) in [4.78, 5) is 18.0. The third kappa shape index (κ3) is 3.38. The highest BCUT2D eigenvalue weighted by Crippen LogP contribution is 2.41. The minimum atomic E-state index is -4.51. The van der Waals surface area contributed by atoms with E-state index in [0.29, 0.717) is 11.6 Å². The Morgan fingerprint density at radius 3 is 2.81 bits per heavy atom. The molecule has 3 heterocycles. The summed E-state index contributed by atoms with van der Waals surface area (Å²) in [5.41, 5.74) is 1.44. The molecule has 10 heteroatoms. The summed E-state index contributed by atoms with van der Waals surface area (Å²) in [5, 5.41) is 3.62. The van der Waals surface area contributed by atoms with Crippen LogP contribution in [-0.2, 0) is 12.6 Å². The summed E-state index contributed by atoms with van der Waals surface area (Å²) in [7, 11) is 0. The molecule has 0 saturated heterocycles. The molecule has 1 aliphatic carbocycles. The zero-order valence-corrected chi connectivity index (χ0v) is 16.1. The van der Waals surface area contributed by atoms with E-state index in [0.717, 1.165) is 30.0 Å². The molecule has 1 aromatic carbocycles. The summed E-state index contributed by atoms with van der Waals surface area (Å²) in [6.45, 7) is 7.18. The van der Waals surface area contributed by atoms with E-state index in [1.165, 1.54) is 6.33 Å². The van der Waals surface area contributed by atoms with Crippen molar-refractivity contribution >= 4 is 22.7 Å². The van der Waals surface area contributed by atoms with Crippen molar-refractivity contribution in [1.82, 2.24) is 24.5 Å². The van der Waals surface area contributed by atoms with E-state index in [1.54, 1.807) is 12.5 Å². The molecular weight excluding hydrogens is 407 g/mol. The number of benzene rings is 1. The lowest BCUT2D eigenvalue weighted by atomic mass is 9.84. The van der Waals surface area contributed by atoms with Gasteiger partial charge in [0.2, 0.25) is 0 Å². The zero-order valence-electron chi connectivity index (χ0n) is 16.1. The van der Waals surface area contributed by atoms with Crippen LogP contribution in [0.25, 0.3) is 15.9 Å². The third-order valence-electron chi connectivity index (χ3n) is 5.59. The summed E-state index contributed by atoms with van der Waals surface area (Å²) < 4.78 is 41.5. The Balaban J connectivity index is 1.59. The van der Waals surface area contributed by atoms with Crippen LogP contribution in [0.3, 0.4) is 0 Å². The molecule has 2 N–H and O–H groups in total. The van der Waals surface area contributed by atoms with Gasteiger partial charge in [-0.1, -0.05) is 30.8 Å². The van der Waals surface area contributed by atoms with Gasteiger partial charge in [-0.25, -0.2) is 9.97 Å². The van der Waals surface area contributed by atoms with Crippen LogP contribution in [0, 0.1) is 6.57 Å². The molecule has 0 amide bonds. The fourth-order valence-corrected chi connectivity index (χ4v) is 4.16. The lowest BCUT2D eigenvalue weighted by Crippen LogP contribution is -2.29. The van der Waals surface area contributed by atoms with Gasteiger partial charge in [-0.05, 0) is 30.0 Å². The van der Waals surface area contributed by atoms with Crippen LogP contribution in [0.1, 0.15) is 35.3 Å². The molecule has 0 radical (unpaired) electrons. The first kappa shape index (κ1) is 19.1. The number of nitrogens with one attached hydrogen (secondary N) is 2. The Hall–Kier alpha value is -3.87. The van der Waals surface area contributed by atoms with Gasteiger partial charge in [-0.2, -0.15) is 13.2 Å². The topological polar surface area (TPSA) is 75.8 Å². The van der Waals surface area contributed by atoms with Crippen molar-refractivity contribution in [1.29, 1.82) is 0 Å². The highest BCUT2D eigenvalue weighted by atomic mass is 19.4. The predicted octanol–water partition coefficient (Wildman–Crippen LogP) is 5.06. The number of aryl methyl sites for hydroxylation is 1. The summed E-state index contributed by atoms with van der Waals surface area (Å²) in [5.74, 6) is 0.608.